The molecule has 3 fully saturated rings. The monoisotopic (exact) mass is 573 g/mol. The quantitative estimate of drug-likeness (QED) is 0.569. The summed E-state index contributed by atoms with van der Waals surface area (Å²) in [7, 11) is -3.70. The van der Waals surface area contributed by atoms with Gasteiger partial charge in [-0.25, -0.2) is 8.42 Å². The van der Waals surface area contributed by atoms with Gasteiger partial charge in [-0.3, -0.25) is 9.69 Å². The highest BCUT2D eigenvalue weighted by Gasteiger charge is 2.51. The summed E-state index contributed by atoms with van der Waals surface area (Å²) in [4.78, 5) is 16.5. The molecule has 2 bridgehead atoms. The SMILES string of the molecule is C[C@](O)(c1ccc(N2CCN(S(=O)(=O)c3cccs3)C[C@@H]2CN2C3COC[C@@H]2CC(=O)C3)cc1)C(F)(F)F. The van der Waals surface area contributed by atoms with Crippen LogP contribution >= 0.6 is 11.3 Å². The topological polar surface area (TPSA) is 90.4 Å². The normalized spacial score (nSPS) is 27.3. The van der Waals surface area contributed by atoms with Crippen molar-refractivity contribution in [3.63, 3.8) is 0 Å². The van der Waals surface area contributed by atoms with Crippen LogP contribution in [0.3, 0.4) is 0 Å². The summed E-state index contributed by atoms with van der Waals surface area (Å²) in [5.41, 5.74) is -2.62. The predicted molar refractivity (Wildman–Crippen MR) is 136 cm³/mol. The van der Waals surface area contributed by atoms with E-state index in [1.165, 1.54) is 28.6 Å². The lowest BCUT2D eigenvalue weighted by atomic mass is 9.92. The Hall–Kier alpha value is -2.03. The van der Waals surface area contributed by atoms with Crippen LogP contribution in [0.15, 0.2) is 46.0 Å². The number of hydrogen-bond donors (Lipinski definition) is 1. The van der Waals surface area contributed by atoms with Gasteiger partial charge in [-0.2, -0.15) is 17.5 Å². The van der Waals surface area contributed by atoms with Gasteiger partial charge in [0.25, 0.3) is 10.0 Å². The smallest absolute Gasteiger partial charge is 0.378 e. The number of morpholine rings is 1. The highest BCUT2D eigenvalue weighted by atomic mass is 32.2. The molecule has 0 saturated carbocycles. The van der Waals surface area contributed by atoms with Crippen LogP contribution in [0.2, 0.25) is 0 Å². The van der Waals surface area contributed by atoms with Gasteiger partial charge in [0, 0.05) is 56.8 Å². The predicted octanol–water partition coefficient (Wildman–Crippen LogP) is 2.83. The van der Waals surface area contributed by atoms with E-state index in [-0.39, 0.29) is 46.8 Å². The third kappa shape index (κ3) is 5.11. The summed E-state index contributed by atoms with van der Waals surface area (Å²) in [5, 5.41) is 11.8. The van der Waals surface area contributed by atoms with Crippen molar-refractivity contribution < 1.29 is 36.2 Å². The first-order valence-electron chi connectivity index (χ1n) is 12.4. The molecule has 38 heavy (non-hydrogen) atoms. The standard InChI is InChI=1S/C25H30F3N3O5S2/c1-24(33,25(26,27)28)17-4-6-18(7-5-17)30-9-8-29(38(34,35)23-3-2-10-37-23)13-21(30)14-31-19-11-22(32)12-20(31)16-36-15-19/h2-7,10,19-21,33H,8-9,11-16H2,1H3/t19-,20?,21+,24-/m0/s1. The lowest BCUT2D eigenvalue weighted by Crippen LogP contribution is -2.64. The number of carbonyl (C=O) groups is 1. The molecule has 208 valence electrons. The first-order chi connectivity index (χ1) is 17.9. The highest BCUT2D eigenvalue weighted by molar-refractivity contribution is 7.91. The van der Waals surface area contributed by atoms with Gasteiger partial charge in [0.1, 0.15) is 9.99 Å². The number of carbonyl (C=O) groups excluding carboxylic acids is 1. The molecule has 4 heterocycles. The van der Waals surface area contributed by atoms with Crippen molar-refractivity contribution in [1.29, 1.82) is 0 Å². The van der Waals surface area contributed by atoms with Crippen molar-refractivity contribution in [2.45, 2.75) is 53.9 Å². The second-order valence-corrected chi connectivity index (χ2v) is 13.4. The highest BCUT2D eigenvalue weighted by Crippen LogP contribution is 2.39. The minimum atomic E-state index is -4.83. The number of ketones is 1. The molecular formula is C25H30F3N3O5S2. The molecule has 1 N–H and O–H groups in total. The Kier molecular flexibility index (Phi) is 7.37. The number of thiophene rings is 1. The Morgan fingerprint density at radius 1 is 1.08 bits per heavy atom. The number of ether oxygens (including phenoxy) is 1. The second kappa shape index (κ2) is 10.2. The van der Waals surface area contributed by atoms with Crippen molar-refractivity contribution in [2.75, 3.05) is 44.3 Å². The van der Waals surface area contributed by atoms with E-state index in [9.17, 15) is 31.5 Å². The van der Waals surface area contributed by atoms with Gasteiger partial charge in [-0.1, -0.05) is 18.2 Å². The lowest BCUT2D eigenvalue weighted by Gasteiger charge is -2.50. The minimum Gasteiger partial charge on any atom is -0.378 e. The number of aliphatic hydroxyl groups is 1. The van der Waals surface area contributed by atoms with E-state index in [2.05, 4.69) is 4.90 Å². The van der Waals surface area contributed by atoms with Gasteiger partial charge in [0.2, 0.25) is 0 Å². The number of nitrogens with zero attached hydrogens (tertiary/aromatic N) is 3. The van der Waals surface area contributed by atoms with Crippen LogP contribution in [0.25, 0.3) is 0 Å². The van der Waals surface area contributed by atoms with Crippen LogP contribution in [0.5, 0.6) is 0 Å². The van der Waals surface area contributed by atoms with E-state index in [1.54, 1.807) is 17.5 Å². The molecule has 2 aromatic rings. The molecule has 1 aromatic carbocycles. The number of hydrogen-bond acceptors (Lipinski definition) is 8. The van der Waals surface area contributed by atoms with E-state index in [0.29, 0.717) is 44.8 Å². The summed E-state index contributed by atoms with van der Waals surface area (Å²) in [6.45, 7) is 2.78. The van der Waals surface area contributed by atoms with Crippen LogP contribution in [-0.4, -0.2) is 92.2 Å². The number of alkyl halides is 3. The number of piperidine rings is 1. The second-order valence-electron chi connectivity index (χ2n) is 10.2. The number of benzene rings is 1. The fourth-order valence-corrected chi connectivity index (χ4v) is 8.17. The maximum absolute atomic E-state index is 13.3. The maximum atomic E-state index is 13.3. The van der Waals surface area contributed by atoms with Gasteiger partial charge in [0.05, 0.1) is 19.3 Å². The van der Waals surface area contributed by atoms with Gasteiger partial charge >= 0.3 is 6.18 Å². The Labute approximate surface area is 223 Å². The van der Waals surface area contributed by atoms with E-state index in [4.69, 9.17) is 4.74 Å². The third-order valence-electron chi connectivity index (χ3n) is 7.75. The molecule has 0 aliphatic carbocycles. The van der Waals surface area contributed by atoms with Crippen molar-refractivity contribution in [1.82, 2.24) is 9.21 Å². The van der Waals surface area contributed by atoms with Gasteiger partial charge < -0.3 is 14.7 Å². The summed E-state index contributed by atoms with van der Waals surface area (Å²) in [6, 6.07) is 8.36. The van der Waals surface area contributed by atoms with Crippen molar-refractivity contribution in [3.8, 4) is 0 Å². The van der Waals surface area contributed by atoms with Crippen molar-refractivity contribution >= 4 is 32.8 Å². The Bertz CT molecular complexity index is 1240. The molecule has 4 atom stereocenters. The summed E-state index contributed by atoms with van der Waals surface area (Å²) in [5.74, 6) is 0.189. The zero-order chi connectivity index (χ0) is 27.3. The summed E-state index contributed by atoms with van der Waals surface area (Å²) in [6.07, 6.45) is -4.08. The Balaban J connectivity index is 1.43. The third-order valence-corrected chi connectivity index (χ3v) is 11.0. The molecular weight excluding hydrogens is 543 g/mol. The largest absolute Gasteiger partial charge is 0.421 e. The van der Waals surface area contributed by atoms with Crippen LogP contribution < -0.4 is 4.90 Å². The molecule has 0 spiro atoms. The molecule has 1 aromatic heterocycles. The van der Waals surface area contributed by atoms with Gasteiger partial charge in [-0.15, -0.1) is 11.3 Å². The number of sulfonamides is 1. The van der Waals surface area contributed by atoms with Crippen LogP contribution in [-0.2, 0) is 25.2 Å². The molecule has 3 saturated heterocycles. The first-order valence-corrected chi connectivity index (χ1v) is 14.7. The zero-order valence-electron chi connectivity index (χ0n) is 20.8. The molecule has 5 rings (SSSR count). The number of rotatable bonds is 6. The van der Waals surface area contributed by atoms with E-state index >= 15 is 0 Å². The molecule has 13 heteroatoms. The summed E-state index contributed by atoms with van der Waals surface area (Å²) < 4.78 is 74.1. The fraction of sp³-hybridized carbons (Fsp3) is 0.560. The number of anilines is 1. The maximum Gasteiger partial charge on any atom is 0.421 e. The fourth-order valence-electron chi connectivity index (χ4n) is 5.55. The van der Waals surface area contributed by atoms with Crippen LogP contribution in [0.1, 0.15) is 25.3 Å². The van der Waals surface area contributed by atoms with Crippen molar-refractivity contribution in [3.05, 3.63) is 47.3 Å². The van der Waals surface area contributed by atoms with Crippen LogP contribution in [0, 0.1) is 0 Å². The molecule has 8 nitrogen and oxygen atoms in total. The number of fused-ring (bicyclic) bond motifs is 2. The average Bonchev–Trinajstić information content (AvgIpc) is 3.40. The van der Waals surface area contributed by atoms with Crippen LogP contribution in [0.4, 0.5) is 18.9 Å². The Morgan fingerprint density at radius 2 is 1.74 bits per heavy atom. The van der Waals surface area contributed by atoms with Gasteiger partial charge in [0.15, 0.2) is 5.60 Å². The lowest BCUT2D eigenvalue weighted by molar-refractivity contribution is -0.258. The molecule has 3 aliphatic heterocycles. The van der Waals surface area contributed by atoms with Gasteiger partial charge in [-0.05, 0) is 36.1 Å². The van der Waals surface area contributed by atoms with E-state index in [0.717, 1.165) is 18.3 Å². The summed E-state index contributed by atoms with van der Waals surface area (Å²) >= 11 is 1.15. The molecule has 0 radical (unpaired) electrons. The van der Waals surface area contributed by atoms with E-state index in [1.807, 2.05) is 4.90 Å². The van der Waals surface area contributed by atoms with E-state index < -0.39 is 21.8 Å². The average molecular weight is 574 g/mol. The number of piperazine rings is 1. The molecule has 0 amide bonds. The van der Waals surface area contributed by atoms with Crippen molar-refractivity contribution in [2.24, 2.45) is 0 Å². The number of halogens is 3. The molecule has 3 aliphatic rings. The first kappa shape index (κ1) is 27.5. The Morgan fingerprint density at radius 3 is 2.32 bits per heavy atom. The minimum absolute atomic E-state index is 0.0922. The number of Topliss-reactive ketones (excluding diaryl/α,β-unsaturated/α-hetero) is 1. The molecule has 1 unspecified atom stereocenters. The zero-order valence-corrected chi connectivity index (χ0v) is 22.4.